The molecule has 24 heavy (non-hydrogen) atoms. The van der Waals surface area contributed by atoms with Crippen LogP contribution in [0.5, 0.6) is 0 Å². The molecule has 1 aliphatic rings. The predicted octanol–water partition coefficient (Wildman–Crippen LogP) is 1.07. The van der Waals surface area contributed by atoms with Crippen molar-refractivity contribution in [3.8, 4) is 0 Å². The third-order valence-corrected chi connectivity index (χ3v) is 4.50. The number of nitrogens with zero attached hydrogens (tertiary/aromatic N) is 1. The quantitative estimate of drug-likeness (QED) is 0.705. The summed E-state index contributed by atoms with van der Waals surface area (Å²) in [4.78, 5) is 37.2. The number of aliphatic hydroxyl groups excluding tert-OH is 1. The zero-order valence-corrected chi connectivity index (χ0v) is 14.3. The van der Waals surface area contributed by atoms with E-state index in [1.165, 1.54) is 6.92 Å². The van der Waals surface area contributed by atoms with Gasteiger partial charge in [-0.25, -0.2) is 0 Å². The van der Waals surface area contributed by atoms with Gasteiger partial charge in [-0.05, 0) is 24.5 Å². The molecule has 0 unspecified atom stereocenters. The predicted molar refractivity (Wildman–Crippen MR) is 92.5 cm³/mol. The smallest absolute Gasteiger partial charge is 0.298 e. The van der Waals surface area contributed by atoms with Crippen LogP contribution in [0.3, 0.4) is 0 Å². The van der Waals surface area contributed by atoms with Gasteiger partial charge in [0.05, 0.1) is 18.3 Å². The Balaban J connectivity index is 1.81. The molecule has 1 aromatic rings. The first kappa shape index (κ1) is 18.3. The van der Waals surface area contributed by atoms with Gasteiger partial charge in [-0.15, -0.1) is 0 Å². The van der Waals surface area contributed by atoms with Crippen molar-refractivity contribution in [2.75, 3.05) is 23.8 Å². The van der Waals surface area contributed by atoms with Crippen molar-refractivity contribution >= 4 is 34.5 Å². The maximum absolute atomic E-state index is 12.4. The fraction of sp³-hybridized carbons (Fsp3) is 0.438. The Morgan fingerprint density at radius 3 is 2.79 bits per heavy atom. The van der Waals surface area contributed by atoms with Crippen LogP contribution in [0.25, 0.3) is 0 Å². The zero-order chi connectivity index (χ0) is 17.5. The summed E-state index contributed by atoms with van der Waals surface area (Å²) < 4.78 is 0. The molecule has 2 rings (SSSR count). The molecule has 8 heteroatoms. The van der Waals surface area contributed by atoms with E-state index in [2.05, 4.69) is 10.9 Å². The maximum atomic E-state index is 12.4. The van der Waals surface area contributed by atoms with Crippen LogP contribution < -0.4 is 15.8 Å². The number of para-hydroxylation sites is 1. The van der Waals surface area contributed by atoms with Crippen molar-refractivity contribution in [2.24, 2.45) is 5.92 Å². The van der Waals surface area contributed by atoms with Gasteiger partial charge >= 0.3 is 0 Å². The molecule has 0 spiro atoms. The van der Waals surface area contributed by atoms with Gasteiger partial charge in [-0.1, -0.05) is 36.9 Å². The van der Waals surface area contributed by atoms with Crippen LogP contribution in [0.2, 0.25) is 0 Å². The summed E-state index contributed by atoms with van der Waals surface area (Å²) in [6.45, 7) is 1.87. The average molecular weight is 351 g/mol. The van der Waals surface area contributed by atoms with Crippen LogP contribution in [0.15, 0.2) is 24.3 Å². The molecule has 1 aromatic carbocycles. The first-order valence-corrected chi connectivity index (χ1v) is 8.73. The van der Waals surface area contributed by atoms with Gasteiger partial charge in [0.2, 0.25) is 11.8 Å². The number of carbonyl (C=O) groups is 3. The Hall–Kier alpha value is -2.06. The standard InChI is InChI=1S/C16H21N3O4S/c1-11(9-20)15(22)17-18-16(23)24-10-14(21)19-8-4-6-12-5-2-3-7-13(12)19/h2-3,5,7,11,20H,4,6,8-10H2,1H3,(H,17,22)(H,18,23)/t11-/m0/s1. The highest BCUT2D eigenvalue weighted by atomic mass is 32.2. The monoisotopic (exact) mass is 351 g/mol. The topological polar surface area (TPSA) is 98.7 Å². The minimum Gasteiger partial charge on any atom is -0.396 e. The number of thioether (sulfide) groups is 1. The van der Waals surface area contributed by atoms with E-state index in [1.54, 1.807) is 4.90 Å². The zero-order valence-electron chi connectivity index (χ0n) is 13.4. The number of benzene rings is 1. The Morgan fingerprint density at radius 2 is 2.04 bits per heavy atom. The van der Waals surface area contributed by atoms with Crippen LogP contribution in [0, 0.1) is 5.92 Å². The Morgan fingerprint density at radius 1 is 1.29 bits per heavy atom. The van der Waals surface area contributed by atoms with Crippen LogP contribution in [0.4, 0.5) is 10.5 Å². The molecule has 0 saturated carbocycles. The molecule has 7 nitrogen and oxygen atoms in total. The van der Waals surface area contributed by atoms with Crippen molar-refractivity contribution in [3.63, 3.8) is 0 Å². The van der Waals surface area contributed by atoms with Crippen molar-refractivity contribution in [3.05, 3.63) is 29.8 Å². The fourth-order valence-corrected chi connectivity index (χ4v) is 2.89. The second kappa shape index (κ2) is 8.70. The van der Waals surface area contributed by atoms with Crippen molar-refractivity contribution in [1.29, 1.82) is 0 Å². The molecular formula is C16H21N3O4S. The third-order valence-electron chi connectivity index (χ3n) is 3.75. The second-order valence-corrected chi connectivity index (χ2v) is 6.50. The number of hydrogen-bond donors (Lipinski definition) is 3. The Labute approximate surface area is 144 Å². The van der Waals surface area contributed by atoms with E-state index >= 15 is 0 Å². The number of carbonyl (C=O) groups excluding carboxylic acids is 3. The van der Waals surface area contributed by atoms with E-state index in [0.29, 0.717) is 6.54 Å². The number of fused-ring (bicyclic) bond motifs is 1. The molecule has 0 saturated heterocycles. The molecule has 130 valence electrons. The summed E-state index contributed by atoms with van der Waals surface area (Å²) in [6.07, 6.45) is 1.84. The summed E-state index contributed by atoms with van der Waals surface area (Å²) in [6, 6.07) is 7.76. The molecule has 3 N–H and O–H groups in total. The molecule has 1 atom stereocenters. The molecule has 0 aromatic heterocycles. The van der Waals surface area contributed by atoms with E-state index in [4.69, 9.17) is 5.11 Å². The number of amides is 3. The van der Waals surface area contributed by atoms with Crippen molar-refractivity contribution in [1.82, 2.24) is 10.9 Å². The summed E-state index contributed by atoms with van der Waals surface area (Å²) in [5.41, 5.74) is 6.46. The fourth-order valence-electron chi connectivity index (χ4n) is 2.35. The van der Waals surface area contributed by atoms with E-state index in [0.717, 1.165) is 35.9 Å². The van der Waals surface area contributed by atoms with Crippen molar-refractivity contribution in [2.45, 2.75) is 19.8 Å². The summed E-state index contributed by atoms with van der Waals surface area (Å²) >= 11 is 0.796. The lowest BCUT2D eigenvalue weighted by atomic mass is 10.0. The van der Waals surface area contributed by atoms with Crippen LogP contribution in [0.1, 0.15) is 18.9 Å². The maximum Gasteiger partial charge on any atom is 0.298 e. The van der Waals surface area contributed by atoms with Gasteiger partial charge in [-0.3, -0.25) is 25.2 Å². The molecule has 0 fully saturated rings. The van der Waals surface area contributed by atoms with Gasteiger partial charge in [0, 0.05) is 12.2 Å². The van der Waals surface area contributed by atoms with Gasteiger partial charge in [-0.2, -0.15) is 0 Å². The number of anilines is 1. The van der Waals surface area contributed by atoms with Crippen LogP contribution >= 0.6 is 11.8 Å². The highest BCUT2D eigenvalue weighted by Gasteiger charge is 2.22. The SMILES string of the molecule is C[C@@H](CO)C(=O)NNC(=O)SCC(=O)N1CCCc2ccccc21. The number of rotatable bonds is 4. The lowest BCUT2D eigenvalue weighted by molar-refractivity contribution is -0.126. The Bertz CT molecular complexity index is 623. The lowest BCUT2D eigenvalue weighted by Gasteiger charge is -2.29. The first-order chi connectivity index (χ1) is 11.5. The van der Waals surface area contributed by atoms with Gasteiger partial charge in [0.1, 0.15) is 0 Å². The minimum absolute atomic E-state index is 0.00834. The van der Waals surface area contributed by atoms with Crippen LogP contribution in [-0.4, -0.2) is 41.1 Å². The molecular weight excluding hydrogens is 330 g/mol. The average Bonchev–Trinajstić information content (AvgIpc) is 2.62. The molecule has 1 aliphatic heterocycles. The molecule has 0 radical (unpaired) electrons. The number of aryl methyl sites for hydroxylation is 1. The van der Waals surface area contributed by atoms with E-state index in [1.807, 2.05) is 24.3 Å². The van der Waals surface area contributed by atoms with E-state index in [9.17, 15) is 14.4 Å². The van der Waals surface area contributed by atoms with Crippen molar-refractivity contribution < 1.29 is 19.5 Å². The van der Waals surface area contributed by atoms with Crippen LogP contribution in [-0.2, 0) is 16.0 Å². The highest BCUT2D eigenvalue weighted by Crippen LogP contribution is 2.27. The second-order valence-electron chi connectivity index (χ2n) is 5.55. The van der Waals surface area contributed by atoms with Gasteiger partial charge in [0.25, 0.3) is 5.24 Å². The molecule has 0 aliphatic carbocycles. The summed E-state index contributed by atoms with van der Waals surface area (Å²) in [5, 5.41) is 8.32. The Kier molecular flexibility index (Phi) is 6.62. The number of aliphatic hydroxyl groups is 1. The lowest BCUT2D eigenvalue weighted by Crippen LogP contribution is -2.44. The number of nitrogens with one attached hydrogen (secondary N) is 2. The largest absolute Gasteiger partial charge is 0.396 e. The van der Waals surface area contributed by atoms with E-state index < -0.39 is 17.1 Å². The third kappa shape index (κ3) is 4.72. The summed E-state index contributed by atoms with van der Waals surface area (Å²) in [7, 11) is 0. The normalized spacial score (nSPS) is 14.5. The molecule has 0 bridgehead atoms. The molecule has 3 amide bonds. The van der Waals surface area contributed by atoms with Gasteiger partial charge < -0.3 is 10.0 Å². The number of hydrogen-bond acceptors (Lipinski definition) is 5. The highest BCUT2D eigenvalue weighted by molar-refractivity contribution is 8.14. The van der Waals surface area contributed by atoms with E-state index in [-0.39, 0.29) is 18.3 Å². The minimum atomic E-state index is -0.609. The number of hydrazine groups is 1. The first-order valence-electron chi connectivity index (χ1n) is 7.74. The summed E-state index contributed by atoms with van der Waals surface area (Å²) in [5.74, 6) is -1.24. The van der Waals surface area contributed by atoms with Gasteiger partial charge in [0.15, 0.2) is 0 Å². The molecule has 1 heterocycles.